The van der Waals surface area contributed by atoms with Crippen molar-refractivity contribution in [2.75, 3.05) is 7.11 Å². The molecule has 0 radical (unpaired) electrons. The maximum absolute atomic E-state index is 10.0. The second kappa shape index (κ2) is 8.18. The van der Waals surface area contributed by atoms with Crippen LogP contribution in [-0.2, 0) is 14.7 Å². The summed E-state index contributed by atoms with van der Waals surface area (Å²) in [6.07, 6.45) is 1.74. The van der Waals surface area contributed by atoms with E-state index in [1.807, 2.05) is 6.07 Å². The van der Waals surface area contributed by atoms with E-state index < -0.39 is 25.2 Å². The largest absolute Gasteiger partial charge is 0.508 e. The van der Waals surface area contributed by atoms with Crippen molar-refractivity contribution in [3.8, 4) is 11.5 Å². The van der Waals surface area contributed by atoms with Crippen molar-refractivity contribution >= 4 is 25.2 Å². The van der Waals surface area contributed by atoms with Gasteiger partial charge in [0.25, 0.3) is 0 Å². The zero-order valence-electron chi connectivity index (χ0n) is 16.5. The number of aryl methyl sites for hydroxylation is 1. The molecule has 0 heterocycles. The van der Waals surface area contributed by atoms with E-state index in [0.29, 0.717) is 5.75 Å². The van der Waals surface area contributed by atoms with Crippen molar-refractivity contribution < 1.29 is 18.1 Å². The number of methoxy groups -OCH3 is 1. The summed E-state index contributed by atoms with van der Waals surface area (Å²) in [6.45, 7) is 15.5. The standard InChI is InChI=1S/C17H34O4Si3/c1-19-16-11-12-17(18)15(14-16)10-9-13-24(8,20-22(2,3)4)21-23(5,6)7/h11-12,14,18H,9-10,13H2,1-8H3. The smallest absolute Gasteiger partial charge is 0.314 e. The van der Waals surface area contributed by atoms with Crippen LogP contribution in [0.5, 0.6) is 11.5 Å². The molecule has 0 amide bonds. The third kappa shape index (κ3) is 7.98. The molecule has 0 aromatic heterocycles. The van der Waals surface area contributed by atoms with Crippen LogP contribution in [0.25, 0.3) is 0 Å². The molecule has 1 aromatic carbocycles. The summed E-state index contributed by atoms with van der Waals surface area (Å²) in [5, 5.41) is 10.0. The monoisotopic (exact) mass is 386 g/mol. The van der Waals surface area contributed by atoms with Gasteiger partial charge in [0.05, 0.1) is 7.11 Å². The lowest BCUT2D eigenvalue weighted by Crippen LogP contribution is -2.52. The van der Waals surface area contributed by atoms with Crippen molar-refractivity contribution in [1.29, 1.82) is 0 Å². The average molecular weight is 387 g/mol. The van der Waals surface area contributed by atoms with Crippen LogP contribution in [0.15, 0.2) is 18.2 Å². The molecule has 0 aliphatic heterocycles. The molecule has 0 saturated heterocycles. The highest BCUT2D eigenvalue weighted by molar-refractivity contribution is 6.87. The third-order valence-corrected chi connectivity index (χ3v) is 13.0. The van der Waals surface area contributed by atoms with Gasteiger partial charge in [0.2, 0.25) is 0 Å². The number of hydrogen-bond donors (Lipinski definition) is 1. The molecule has 1 N–H and O–H groups in total. The fraction of sp³-hybridized carbons (Fsp3) is 0.647. The SMILES string of the molecule is COc1ccc(O)c(CCC[Si](C)(O[Si](C)(C)C)O[Si](C)(C)C)c1. The number of phenolic OH excluding ortho intramolecular Hbond substituents is 1. The van der Waals surface area contributed by atoms with Gasteiger partial charge in [0.1, 0.15) is 11.5 Å². The minimum Gasteiger partial charge on any atom is -0.508 e. The Hall–Kier alpha value is -0.609. The van der Waals surface area contributed by atoms with Crippen LogP contribution < -0.4 is 4.74 Å². The normalized spacial score (nSPS) is 13.2. The Kier molecular flexibility index (Phi) is 7.30. The Bertz CT molecular complexity index is 520. The lowest BCUT2D eigenvalue weighted by Gasteiger charge is -2.38. The first-order valence-corrected chi connectivity index (χ1v) is 17.9. The van der Waals surface area contributed by atoms with Gasteiger partial charge in [-0.1, -0.05) is 0 Å². The van der Waals surface area contributed by atoms with E-state index in [1.54, 1.807) is 19.2 Å². The summed E-state index contributed by atoms with van der Waals surface area (Å²) >= 11 is 0. The van der Waals surface area contributed by atoms with Crippen molar-refractivity contribution in [3.63, 3.8) is 0 Å². The van der Waals surface area contributed by atoms with E-state index in [1.165, 1.54) is 0 Å². The van der Waals surface area contributed by atoms with Gasteiger partial charge in [-0.3, -0.25) is 0 Å². The van der Waals surface area contributed by atoms with E-state index in [-0.39, 0.29) is 0 Å². The molecule has 24 heavy (non-hydrogen) atoms. The van der Waals surface area contributed by atoms with Crippen LogP contribution in [0.3, 0.4) is 0 Å². The van der Waals surface area contributed by atoms with Gasteiger partial charge in [-0.25, -0.2) is 0 Å². The Balaban J connectivity index is 2.78. The summed E-state index contributed by atoms with van der Waals surface area (Å²) in [4.78, 5) is 0. The molecule has 0 spiro atoms. The molecule has 0 fully saturated rings. The van der Waals surface area contributed by atoms with Crippen molar-refractivity contribution in [1.82, 2.24) is 0 Å². The summed E-state index contributed by atoms with van der Waals surface area (Å²) in [5.41, 5.74) is 0.923. The van der Waals surface area contributed by atoms with Gasteiger partial charge in [0, 0.05) is 0 Å². The molecule has 7 heteroatoms. The summed E-state index contributed by atoms with van der Waals surface area (Å²) in [6, 6.07) is 6.33. The van der Waals surface area contributed by atoms with Crippen molar-refractivity contribution in [2.45, 2.75) is 64.7 Å². The minimum absolute atomic E-state index is 0.330. The van der Waals surface area contributed by atoms with E-state index in [4.69, 9.17) is 13.0 Å². The van der Waals surface area contributed by atoms with Crippen LogP contribution >= 0.6 is 0 Å². The molecule has 0 atom stereocenters. The summed E-state index contributed by atoms with van der Waals surface area (Å²) in [5.74, 6) is 1.11. The maximum Gasteiger partial charge on any atom is 0.314 e. The first kappa shape index (κ1) is 21.4. The van der Waals surface area contributed by atoms with Gasteiger partial charge in [-0.15, -0.1) is 0 Å². The molecule has 138 valence electrons. The average Bonchev–Trinajstić information content (AvgIpc) is 2.36. The van der Waals surface area contributed by atoms with E-state index in [9.17, 15) is 5.11 Å². The number of ether oxygens (including phenoxy) is 1. The van der Waals surface area contributed by atoms with Crippen LogP contribution in [-0.4, -0.2) is 37.4 Å². The second-order valence-electron chi connectivity index (χ2n) is 8.41. The topological polar surface area (TPSA) is 47.9 Å². The lowest BCUT2D eigenvalue weighted by atomic mass is 10.1. The molecule has 0 saturated carbocycles. The first-order chi connectivity index (χ1) is 10.8. The summed E-state index contributed by atoms with van der Waals surface area (Å²) < 4.78 is 18.3. The van der Waals surface area contributed by atoms with Crippen molar-refractivity contribution in [2.24, 2.45) is 0 Å². The van der Waals surface area contributed by atoms with E-state index in [0.717, 1.165) is 30.2 Å². The summed E-state index contributed by atoms with van der Waals surface area (Å²) in [7, 11) is -3.88. The molecule has 4 nitrogen and oxygen atoms in total. The molecular formula is C17H34O4Si3. The lowest BCUT2D eigenvalue weighted by molar-refractivity contribution is 0.381. The van der Waals surface area contributed by atoms with Crippen LogP contribution in [0, 0.1) is 0 Å². The van der Waals surface area contributed by atoms with Gasteiger partial charge >= 0.3 is 8.56 Å². The highest BCUT2D eigenvalue weighted by Gasteiger charge is 2.39. The fourth-order valence-electron chi connectivity index (χ4n) is 2.91. The quantitative estimate of drug-likeness (QED) is 0.599. The van der Waals surface area contributed by atoms with Crippen LogP contribution in [0.4, 0.5) is 0 Å². The number of hydrogen-bond acceptors (Lipinski definition) is 4. The Labute approximate surface area is 150 Å². The highest BCUT2D eigenvalue weighted by Crippen LogP contribution is 2.29. The third-order valence-electron chi connectivity index (χ3n) is 3.41. The molecule has 0 bridgehead atoms. The fourth-order valence-corrected chi connectivity index (χ4v) is 15.4. The zero-order chi connectivity index (χ0) is 18.6. The maximum atomic E-state index is 10.0. The zero-order valence-corrected chi connectivity index (χ0v) is 19.5. The van der Waals surface area contributed by atoms with E-state index >= 15 is 0 Å². The Morgan fingerprint density at radius 2 is 1.46 bits per heavy atom. The first-order valence-electron chi connectivity index (χ1n) is 8.60. The molecule has 1 aromatic rings. The second-order valence-corrected chi connectivity index (χ2v) is 21.3. The number of phenols is 1. The number of benzene rings is 1. The van der Waals surface area contributed by atoms with Gasteiger partial charge < -0.3 is 18.1 Å². The number of aromatic hydroxyl groups is 1. The molecule has 0 unspecified atom stereocenters. The molecule has 0 aliphatic rings. The molecule has 0 aliphatic carbocycles. The highest BCUT2D eigenvalue weighted by atomic mass is 28.5. The number of rotatable bonds is 9. The predicted molar refractivity (Wildman–Crippen MR) is 108 cm³/mol. The van der Waals surface area contributed by atoms with Gasteiger partial charge in [-0.2, -0.15) is 0 Å². The van der Waals surface area contributed by atoms with Gasteiger partial charge in [0.15, 0.2) is 16.6 Å². The van der Waals surface area contributed by atoms with Crippen LogP contribution in [0.2, 0.25) is 51.9 Å². The Morgan fingerprint density at radius 3 is 1.92 bits per heavy atom. The Morgan fingerprint density at radius 1 is 0.917 bits per heavy atom. The van der Waals surface area contributed by atoms with Gasteiger partial charge in [-0.05, 0) is 88.5 Å². The van der Waals surface area contributed by atoms with Crippen LogP contribution in [0.1, 0.15) is 12.0 Å². The van der Waals surface area contributed by atoms with E-state index in [2.05, 4.69) is 45.8 Å². The molecule has 1 rings (SSSR count). The predicted octanol–water partition coefficient (Wildman–Crippen LogP) is 5.11. The minimum atomic E-state index is -2.20. The molecular weight excluding hydrogens is 352 g/mol. The van der Waals surface area contributed by atoms with Crippen molar-refractivity contribution in [3.05, 3.63) is 23.8 Å².